The predicted octanol–water partition coefficient (Wildman–Crippen LogP) is 17.2. The van der Waals surface area contributed by atoms with Crippen LogP contribution in [0.25, 0.3) is 32.7 Å². The molecule has 0 spiro atoms. The average molecular weight is 812 g/mol. The van der Waals surface area contributed by atoms with Gasteiger partial charge in [0.2, 0.25) is 0 Å². The lowest BCUT2D eigenvalue weighted by atomic mass is 9.83. The fourth-order valence-electron chi connectivity index (χ4n) is 8.03. The van der Waals surface area contributed by atoms with Crippen LogP contribution in [0.2, 0.25) is 0 Å². The molecule has 306 valence electrons. The fourth-order valence-corrected chi connectivity index (χ4v) is 8.03. The molecule has 0 heterocycles. The first-order valence-electron chi connectivity index (χ1n) is 21.7. The molecule has 0 atom stereocenters. The highest BCUT2D eigenvalue weighted by Crippen LogP contribution is 2.43. The number of aryl methyl sites for hydroxylation is 2. The van der Waals surface area contributed by atoms with Crippen molar-refractivity contribution in [2.75, 3.05) is 4.90 Å². The predicted molar refractivity (Wildman–Crippen MR) is 273 cm³/mol. The molecule has 1 aliphatic rings. The van der Waals surface area contributed by atoms with Crippen LogP contribution in [0.1, 0.15) is 46.7 Å². The zero-order valence-corrected chi connectivity index (χ0v) is 36.5. The van der Waals surface area contributed by atoms with E-state index in [2.05, 4.69) is 232 Å². The van der Waals surface area contributed by atoms with Crippen molar-refractivity contribution in [2.45, 2.75) is 27.2 Å². The largest absolute Gasteiger partial charge is 0.310 e. The van der Waals surface area contributed by atoms with Crippen molar-refractivity contribution in [3.8, 4) is 0 Å². The molecule has 0 saturated heterocycles. The Labute approximate surface area is 374 Å². The molecule has 63 heavy (non-hydrogen) atoms. The molecule has 0 unspecified atom stereocenters. The maximum atomic E-state index is 4.77. The monoisotopic (exact) mass is 811 g/mol. The van der Waals surface area contributed by atoms with Gasteiger partial charge in [-0.2, -0.15) is 0 Å². The summed E-state index contributed by atoms with van der Waals surface area (Å²) in [6, 6.07) is 79.4. The van der Waals surface area contributed by atoms with E-state index in [4.69, 9.17) is 6.58 Å². The van der Waals surface area contributed by atoms with E-state index >= 15 is 0 Å². The van der Waals surface area contributed by atoms with E-state index in [1.165, 1.54) is 55.0 Å². The molecule has 0 aromatic heterocycles. The first kappa shape index (κ1) is 42.0. The number of fused-ring (bicyclic) bond motifs is 2. The van der Waals surface area contributed by atoms with Gasteiger partial charge < -0.3 is 4.90 Å². The van der Waals surface area contributed by atoms with Crippen LogP contribution in [-0.2, 0) is 0 Å². The molecule has 9 aromatic carbocycles. The molecule has 0 N–H and O–H groups in total. The lowest BCUT2D eigenvalue weighted by Gasteiger charge is -2.28. The molecule has 10 rings (SSSR count). The van der Waals surface area contributed by atoms with Crippen molar-refractivity contribution in [3.05, 3.63) is 294 Å². The Kier molecular flexibility index (Phi) is 13.5. The molecule has 0 bridgehead atoms. The van der Waals surface area contributed by atoms with Gasteiger partial charge in [0.25, 0.3) is 0 Å². The number of anilines is 3. The minimum Gasteiger partial charge on any atom is -0.310 e. The van der Waals surface area contributed by atoms with Gasteiger partial charge in [-0.1, -0.05) is 217 Å². The van der Waals surface area contributed by atoms with Gasteiger partial charge in [0.1, 0.15) is 0 Å². The second-order valence-corrected chi connectivity index (χ2v) is 16.0. The standard InChI is InChI=1S/C48H37N.2C7H8/c1-34-21-23-38(24-22-34)48(42-28-26-37-14-10-12-16-41(37)32-42)47-33-45(49(43-17-5-3-6-18-43)44-19-7-4-8-20-44)29-30-46(47)35(2)39-27-25-36-13-9-11-15-40(36)31-39;2*1-7-5-3-2-4-6-7/h3-23,25-33H,2,24H2,1H3;2*2-6H,1H3/b48-38-;;. The van der Waals surface area contributed by atoms with Crippen LogP contribution >= 0.6 is 0 Å². The van der Waals surface area contributed by atoms with Crippen molar-refractivity contribution in [2.24, 2.45) is 0 Å². The molecular formula is C62H53N. The van der Waals surface area contributed by atoms with Crippen LogP contribution in [0.5, 0.6) is 0 Å². The number of para-hydroxylation sites is 2. The molecule has 0 amide bonds. The lowest BCUT2D eigenvalue weighted by Crippen LogP contribution is -2.11. The van der Waals surface area contributed by atoms with E-state index in [9.17, 15) is 0 Å². The van der Waals surface area contributed by atoms with E-state index < -0.39 is 0 Å². The lowest BCUT2D eigenvalue weighted by molar-refractivity contribution is 1.21. The van der Waals surface area contributed by atoms with Gasteiger partial charge >= 0.3 is 0 Å². The quantitative estimate of drug-likeness (QED) is 0.155. The first-order chi connectivity index (χ1) is 30.9. The number of hydrogen-bond acceptors (Lipinski definition) is 1. The number of rotatable bonds is 7. The van der Waals surface area contributed by atoms with Gasteiger partial charge in [-0.25, -0.2) is 0 Å². The smallest absolute Gasteiger partial charge is 0.0468 e. The van der Waals surface area contributed by atoms with Crippen molar-refractivity contribution in [3.63, 3.8) is 0 Å². The molecule has 1 nitrogen and oxygen atoms in total. The zero-order valence-electron chi connectivity index (χ0n) is 36.5. The normalized spacial score (nSPS) is 12.6. The van der Waals surface area contributed by atoms with Crippen molar-refractivity contribution in [1.29, 1.82) is 0 Å². The zero-order chi connectivity index (χ0) is 43.4. The van der Waals surface area contributed by atoms with Crippen LogP contribution in [-0.4, -0.2) is 0 Å². The molecule has 0 aliphatic heterocycles. The molecule has 1 heteroatoms. The summed E-state index contributed by atoms with van der Waals surface area (Å²) < 4.78 is 0. The third-order valence-electron chi connectivity index (χ3n) is 11.4. The minimum absolute atomic E-state index is 0.859. The molecule has 0 fully saturated rings. The Morgan fingerprint density at radius 1 is 0.397 bits per heavy atom. The topological polar surface area (TPSA) is 3.24 Å². The highest BCUT2D eigenvalue weighted by molar-refractivity contribution is 5.98. The molecule has 1 aliphatic carbocycles. The van der Waals surface area contributed by atoms with E-state index in [0.717, 1.165) is 45.7 Å². The van der Waals surface area contributed by atoms with Crippen molar-refractivity contribution in [1.82, 2.24) is 0 Å². The van der Waals surface area contributed by atoms with Crippen LogP contribution in [0.15, 0.2) is 260 Å². The fraction of sp³-hybridized carbons (Fsp3) is 0.0645. The van der Waals surface area contributed by atoms with Gasteiger partial charge in [-0.15, -0.1) is 0 Å². The summed E-state index contributed by atoms with van der Waals surface area (Å²) in [6.07, 6.45) is 7.74. The number of nitrogens with zero attached hydrogens (tertiary/aromatic N) is 1. The molecule has 0 saturated carbocycles. The van der Waals surface area contributed by atoms with Crippen LogP contribution < -0.4 is 4.90 Å². The SMILES string of the molecule is C=C(c1ccc2ccccc2c1)c1ccc(N(c2ccccc2)c2ccccc2)cc1/C(=C1/C=CC(C)=CC1)c1ccc2ccccc2c1.Cc1ccccc1.Cc1ccccc1. The van der Waals surface area contributed by atoms with Gasteiger partial charge in [0.05, 0.1) is 0 Å². The first-order valence-corrected chi connectivity index (χ1v) is 21.7. The maximum absolute atomic E-state index is 4.77. The summed E-state index contributed by atoms with van der Waals surface area (Å²) in [6.45, 7) is 11.1. The summed E-state index contributed by atoms with van der Waals surface area (Å²) in [4.78, 5) is 2.34. The summed E-state index contributed by atoms with van der Waals surface area (Å²) in [7, 11) is 0. The van der Waals surface area contributed by atoms with Gasteiger partial charge in [-0.3, -0.25) is 0 Å². The number of allylic oxidation sites excluding steroid dienone is 5. The van der Waals surface area contributed by atoms with E-state index in [0.29, 0.717) is 0 Å². The van der Waals surface area contributed by atoms with E-state index in [1.807, 2.05) is 36.4 Å². The Balaban J connectivity index is 0.000000331. The highest BCUT2D eigenvalue weighted by atomic mass is 15.1. The molecule has 0 radical (unpaired) electrons. The average Bonchev–Trinajstić information content (AvgIpc) is 3.34. The van der Waals surface area contributed by atoms with Crippen molar-refractivity contribution < 1.29 is 0 Å². The number of hydrogen-bond donors (Lipinski definition) is 0. The third kappa shape index (κ3) is 10.4. The van der Waals surface area contributed by atoms with Crippen molar-refractivity contribution >= 4 is 49.8 Å². The molecule has 9 aromatic rings. The number of benzene rings is 9. The molecular weight excluding hydrogens is 759 g/mol. The summed E-state index contributed by atoms with van der Waals surface area (Å²) in [5.41, 5.74) is 15.4. The summed E-state index contributed by atoms with van der Waals surface area (Å²) in [5.74, 6) is 0. The highest BCUT2D eigenvalue weighted by Gasteiger charge is 2.21. The Morgan fingerprint density at radius 2 is 0.857 bits per heavy atom. The summed E-state index contributed by atoms with van der Waals surface area (Å²) in [5, 5.41) is 4.90. The van der Waals surface area contributed by atoms with Crippen LogP contribution in [0, 0.1) is 13.8 Å². The third-order valence-corrected chi connectivity index (χ3v) is 11.4. The second kappa shape index (κ2) is 20.2. The van der Waals surface area contributed by atoms with Crippen LogP contribution in [0.4, 0.5) is 17.1 Å². The van der Waals surface area contributed by atoms with E-state index in [1.54, 1.807) is 0 Å². The van der Waals surface area contributed by atoms with Gasteiger partial charge in [0, 0.05) is 17.1 Å². The van der Waals surface area contributed by atoms with Crippen LogP contribution in [0.3, 0.4) is 0 Å². The summed E-state index contributed by atoms with van der Waals surface area (Å²) >= 11 is 0. The Bertz CT molecular complexity index is 2970. The minimum atomic E-state index is 0.859. The maximum Gasteiger partial charge on any atom is 0.0468 e. The second-order valence-electron chi connectivity index (χ2n) is 16.0. The Morgan fingerprint density at radius 3 is 1.33 bits per heavy atom. The van der Waals surface area contributed by atoms with Gasteiger partial charge in [-0.05, 0) is 136 Å². The van der Waals surface area contributed by atoms with Gasteiger partial charge in [0.15, 0.2) is 0 Å². The van der Waals surface area contributed by atoms with E-state index in [-0.39, 0.29) is 0 Å². The Hall–Kier alpha value is -7.74.